The number of rotatable bonds is 6. The SMILES string of the molecule is CCNC(=NCCC(F)(F)F)NCCNC(C)(C)C.I. The summed E-state index contributed by atoms with van der Waals surface area (Å²) in [5, 5.41) is 9.17. The van der Waals surface area contributed by atoms with Crippen LogP contribution in [0.2, 0.25) is 0 Å². The third-order valence-corrected chi connectivity index (χ3v) is 2.08. The Morgan fingerprint density at radius 2 is 1.65 bits per heavy atom. The molecule has 20 heavy (non-hydrogen) atoms. The van der Waals surface area contributed by atoms with Gasteiger partial charge in [0.25, 0.3) is 0 Å². The van der Waals surface area contributed by atoms with Gasteiger partial charge in [0.05, 0.1) is 13.0 Å². The van der Waals surface area contributed by atoms with Crippen molar-refractivity contribution < 1.29 is 13.2 Å². The van der Waals surface area contributed by atoms with Gasteiger partial charge >= 0.3 is 6.18 Å². The van der Waals surface area contributed by atoms with Crippen molar-refractivity contribution in [2.45, 2.75) is 45.8 Å². The number of hydrogen-bond acceptors (Lipinski definition) is 2. The summed E-state index contributed by atoms with van der Waals surface area (Å²) in [6.45, 7) is 9.70. The van der Waals surface area contributed by atoms with E-state index >= 15 is 0 Å². The molecule has 0 rings (SSSR count). The number of aliphatic imine (C=N–C) groups is 1. The fraction of sp³-hybridized carbons (Fsp3) is 0.917. The van der Waals surface area contributed by atoms with E-state index in [-0.39, 0.29) is 36.1 Å². The van der Waals surface area contributed by atoms with Crippen molar-refractivity contribution >= 4 is 29.9 Å². The molecule has 0 saturated heterocycles. The summed E-state index contributed by atoms with van der Waals surface area (Å²) >= 11 is 0. The minimum atomic E-state index is -4.16. The van der Waals surface area contributed by atoms with E-state index in [1.54, 1.807) is 0 Å². The molecule has 0 aliphatic carbocycles. The quantitative estimate of drug-likeness (QED) is 0.273. The fourth-order valence-electron chi connectivity index (χ4n) is 1.25. The summed E-state index contributed by atoms with van der Waals surface area (Å²) in [6, 6.07) is 0. The Morgan fingerprint density at radius 1 is 1.05 bits per heavy atom. The Bertz CT molecular complexity index is 275. The molecule has 0 aliphatic rings. The largest absolute Gasteiger partial charge is 0.390 e. The molecule has 0 heterocycles. The fourth-order valence-corrected chi connectivity index (χ4v) is 1.25. The summed E-state index contributed by atoms with van der Waals surface area (Å²) in [5.41, 5.74) is 0.0213. The zero-order valence-electron chi connectivity index (χ0n) is 12.5. The van der Waals surface area contributed by atoms with Crippen molar-refractivity contribution in [3.63, 3.8) is 0 Å². The number of nitrogens with one attached hydrogen (secondary N) is 3. The highest BCUT2D eigenvalue weighted by atomic mass is 127. The summed E-state index contributed by atoms with van der Waals surface area (Å²) in [7, 11) is 0. The van der Waals surface area contributed by atoms with Crippen LogP contribution in [0.15, 0.2) is 4.99 Å². The van der Waals surface area contributed by atoms with E-state index in [0.717, 1.165) is 0 Å². The number of nitrogens with zero attached hydrogens (tertiary/aromatic N) is 1. The van der Waals surface area contributed by atoms with Crippen LogP contribution in [0.25, 0.3) is 0 Å². The zero-order chi connectivity index (χ0) is 14.9. The van der Waals surface area contributed by atoms with Crippen LogP contribution in [-0.4, -0.2) is 43.9 Å². The Labute approximate surface area is 136 Å². The van der Waals surface area contributed by atoms with Gasteiger partial charge in [-0.05, 0) is 27.7 Å². The molecule has 4 nitrogen and oxygen atoms in total. The molecule has 8 heteroatoms. The van der Waals surface area contributed by atoms with Gasteiger partial charge in [-0.25, -0.2) is 0 Å². The van der Waals surface area contributed by atoms with Crippen LogP contribution in [0.1, 0.15) is 34.1 Å². The number of halogens is 4. The Morgan fingerprint density at radius 3 is 2.10 bits per heavy atom. The molecule has 0 aliphatic heterocycles. The average Bonchev–Trinajstić information content (AvgIpc) is 2.21. The van der Waals surface area contributed by atoms with Gasteiger partial charge in [-0.3, -0.25) is 4.99 Å². The first-order valence-corrected chi connectivity index (χ1v) is 6.48. The predicted octanol–water partition coefficient (Wildman–Crippen LogP) is 2.50. The van der Waals surface area contributed by atoms with Crippen molar-refractivity contribution in [2.24, 2.45) is 4.99 Å². The molecule has 122 valence electrons. The second kappa shape index (κ2) is 10.5. The molecule has 0 bridgehead atoms. The van der Waals surface area contributed by atoms with Crippen LogP contribution in [0, 0.1) is 0 Å². The summed E-state index contributed by atoms with van der Waals surface area (Å²) in [5.74, 6) is 0.419. The second-order valence-electron chi connectivity index (χ2n) is 5.23. The van der Waals surface area contributed by atoms with Gasteiger partial charge in [-0.15, -0.1) is 24.0 Å². The van der Waals surface area contributed by atoms with E-state index in [1.165, 1.54) is 0 Å². The molecular weight excluding hydrogens is 384 g/mol. The molecular formula is C12H26F3IN4. The lowest BCUT2D eigenvalue weighted by Crippen LogP contribution is -2.44. The number of alkyl halides is 3. The van der Waals surface area contributed by atoms with Crippen LogP contribution in [0.5, 0.6) is 0 Å². The molecule has 3 N–H and O–H groups in total. The topological polar surface area (TPSA) is 48.5 Å². The molecule has 0 saturated carbocycles. The first-order valence-electron chi connectivity index (χ1n) is 6.48. The monoisotopic (exact) mass is 410 g/mol. The van der Waals surface area contributed by atoms with Crippen molar-refractivity contribution in [1.82, 2.24) is 16.0 Å². The maximum absolute atomic E-state index is 12.0. The predicted molar refractivity (Wildman–Crippen MR) is 87.8 cm³/mol. The van der Waals surface area contributed by atoms with E-state index in [4.69, 9.17) is 0 Å². The van der Waals surface area contributed by atoms with Gasteiger partial charge in [-0.1, -0.05) is 0 Å². The summed E-state index contributed by atoms with van der Waals surface area (Å²) in [6.07, 6.45) is -5.06. The van der Waals surface area contributed by atoms with Gasteiger partial charge < -0.3 is 16.0 Å². The molecule has 0 fully saturated rings. The molecule has 0 spiro atoms. The van der Waals surface area contributed by atoms with Crippen molar-refractivity contribution in [2.75, 3.05) is 26.2 Å². The van der Waals surface area contributed by atoms with Gasteiger partial charge in [0.2, 0.25) is 0 Å². The minimum Gasteiger partial charge on any atom is -0.357 e. The lowest BCUT2D eigenvalue weighted by molar-refractivity contribution is -0.132. The highest BCUT2D eigenvalue weighted by molar-refractivity contribution is 14.0. The van der Waals surface area contributed by atoms with E-state index < -0.39 is 12.6 Å². The van der Waals surface area contributed by atoms with E-state index in [2.05, 4.69) is 41.7 Å². The molecule has 0 amide bonds. The zero-order valence-corrected chi connectivity index (χ0v) is 14.9. The first kappa shape index (κ1) is 22.0. The Kier molecular flexibility index (Phi) is 11.5. The van der Waals surface area contributed by atoms with Crippen LogP contribution < -0.4 is 16.0 Å². The molecule has 0 aromatic carbocycles. The summed E-state index contributed by atoms with van der Waals surface area (Å²) in [4.78, 5) is 3.88. The molecule has 0 aromatic heterocycles. The maximum atomic E-state index is 12.0. The highest BCUT2D eigenvalue weighted by Crippen LogP contribution is 2.18. The normalized spacial score (nSPS) is 12.8. The van der Waals surface area contributed by atoms with Crippen LogP contribution in [0.3, 0.4) is 0 Å². The Balaban J connectivity index is 0. The third-order valence-electron chi connectivity index (χ3n) is 2.08. The molecule has 0 aromatic rings. The molecule has 0 unspecified atom stereocenters. The average molecular weight is 410 g/mol. The summed E-state index contributed by atoms with van der Waals surface area (Å²) < 4.78 is 36.0. The van der Waals surface area contributed by atoms with Gasteiger partial charge in [0.15, 0.2) is 5.96 Å². The second-order valence-corrected chi connectivity index (χ2v) is 5.23. The standard InChI is InChI=1S/C12H25F3N4.HI/c1-5-16-10(17-7-6-12(13,14)15)18-8-9-19-11(2,3)4;/h19H,5-9H2,1-4H3,(H2,16,17,18);1H. The van der Waals surface area contributed by atoms with Crippen molar-refractivity contribution in [1.29, 1.82) is 0 Å². The number of hydrogen-bond donors (Lipinski definition) is 3. The minimum absolute atomic E-state index is 0. The van der Waals surface area contributed by atoms with E-state index in [0.29, 0.717) is 25.6 Å². The van der Waals surface area contributed by atoms with Crippen molar-refractivity contribution in [3.05, 3.63) is 0 Å². The third kappa shape index (κ3) is 15.8. The molecule has 0 atom stereocenters. The van der Waals surface area contributed by atoms with Crippen LogP contribution in [0.4, 0.5) is 13.2 Å². The van der Waals surface area contributed by atoms with Crippen LogP contribution >= 0.6 is 24.0 Å². The lowest BCUT2D eigenvalue weighted by Gasteiger charge is -2.21. The number of guanidine groups is 1. The first-order chi connectivity index (χ1) is 8.64. The maximum Gasteiger partial charge on any atom is 0.390 e. The molecule has 0 radical (unpaired) electrons. The van der Waals surface area contributed by atoms with Crippen molar-refractivity contribution in [3.8, 4) is 0 Å². The van der Waals surface area contributed by atoms with Gasteiger partial charge in [0, 0.05) is 25.2 Å². The van der Waals surface area contributed by atoms with E-state index in [9.17, 15) is 13.2 Å². The highest BCUT2D eigenvalue weighted by Gasteiger charge is 2.26. The van der Waals surface area contributed by atoms with Crippen LogP contribution in [-0.2, 0) is 0 Å². The van der Waals surface area contributed by atoms with E-state index in [1.807, 2.05) is 6.92 Å². The van der Waals surface area contributed by atoms with Gasteiger partial charge in [-0.2, -0.15) is 13.2 Å². The van der Waals surface area contributed by atoms with Gasteiger partial charge in [0.1, 0.15) is 0 Å². The lowest BCUT2D eigenvalue weighted by atomic mass is 10.1. The smallest absolute Gasteiger partial charge is 0.357 e. The Hall–Kier alpha value is -0.250.